The number of benzene rings is 1. The molecule has 0 aliphatic carbocycles. The Bertz CT molecular complexity index is 486. The number of hydrogen-bond donors (Lipinski definition) is 1. The molecule has 0 aliphatic heterocycles. The summed E-state index contributed by atoms with van der Waals surface area (Å²) < 4.78 is 75.7. The minimum Gasteiger partial charge on any atom is -0.352 e. The number of carbonyl (C=O) groups is 1. The van der Waals surface area contributed by atoms with Crippen molar-refractivity contribution in [3.8, 4) is 0 Å². The van der Waals surface area contributed by atoms with Gasteiger partial charge in [-0.2, -0.15) is 26.3 Å². The first-order chi connectivity index (χ1) is 9.41. The van der Waals surface area contributed by atoms with Gasteiger partial charge in [0.1, 0.15) is 0 Å². The van der Waals surface area contributed by atoms with Gasteiger partial charge in [-0.15, -0.1) is 0 Å². The van der Waals surface area contributed by atoms with Crippen LogP contribution in [-0.4, -0.2) is 5.91 Å². The lowest BCUT2D eigenvalue weighted by Gasteiger charge is -2.15. The van der Waals surface area contributed by atoms with E-state index in [0.717, 1.165) is 0 Å². The van der Waals surface area contributed by atoms with Gasteiger partial charge in [-0.3, -0.25) is 4.79 Å². The number of amides is 1. The smallest absolute Gasteiger partial charge is 0.352 e. The number of rotatable bonds is 3. The highest BCUT2D eigenvalue weighted by Crippen LogP contribution is 2.36. The molecule has 0 bridgehead atoms. The molecule has 8 heteroatoms. The molecule has 0 fully saturated rings. The van der Waals surface area contributed by atoms with Crippen molar-refractivity contribution in [2.75, 3.05) is 0 Å². The van der Waals surface area contributed by atoms with Crippen LogP contribution in [-0.2, 0) is 23.7 Å². The van der Waals surface area contributed by atoms with Crippen molar-refractivity contribution in [1.82, 2.24) is 5.32 Å². The molecular weight excluding hydrogens is 300 g/mol. The van der Waals surface area contributed by atoms with E-state index in [4.69, 9.17) is 0 Å². The van der Waals surface area contributed by atoms with Crippen molar-refractivity contribution in [2.24, 2.45) is 5.92 Å². The zero-order valence-corrected chi connectivity index (χ0v) is 11.2. The first-order valence-electron chi connectivity index (χ1n) is 5.97. The molecule has 1 amide bonds. The maximum absolute atomic E-state index is 12.6. The SMILES string of the molecule is CC(C)C(=O)NCc1cc(C(F)(F)F)cc(C(F)(F)F)c1. The lowest BCUT2D eigenvalue weighted by Crippen LogP contribution is -2.27. The molecule has 0 saturated heterocycles. The minimum absolute atomic E-state index is 0.0494. The van der Waals surface area contributed by atoms with Crippen LogP contribution in [0.5, 0.6) is 0 Å². The van der Waals surface area contributed by atoms with E-state index in [1.165, 1.54) is 0 Å². The van der Waals surface area contributed by atoms with Gasteiger partial charge in [-0.25, -0.2) is 0 Å². The van der Waals surface area contributed by atoms with Crippen molar-refractivity contribution in [3.05, 3.63) is 34.9 Å². The van der Waals surface area contributed by atoms with Crippen LogP contribution < -0.4 is 5.32 Å². The summed E-state index contributed by atoms with van der Waals surface area (Å²) in [6.45, 7) is 2.72. The van der Waals surface area contributed by atoms with E-state index in [2.05, 4.69) is 5.32 Å². The fourth-order valence-electron chi connectivity index (χ4n) is 1.51. The normalized spacial score (nSPS) is 12.6. The third-order valence-corrected chi connectivity index (χ3v) is 2.64. The molecule has 1 N–H and O–H groups in total. The van der Waals surface area contributed by atoms with E-state index in [1.807, 2.05) is 0 Å². The zero-order valence-electron chi connectivity index (χ0n) is 11.2. The summed E-state index contributed by atoms with van der Waals surface area (Å²) in [6, 6.07) is 1.24. The number of alkyl halides is 6. The molecule has 0 atom stereocenters. The van der Waals surface area contributed by atoms with Gasteiger partial charge in [0.2, 0.25) is 5.91 Å². The Balaban J connectivity index is 3.11. The molecule has 0 radical (unpaired) electrons. The van der Waals surface area contributed by atoms with E-state index in [0.29, 0.717) is 12.1 Å². The molecule has 118 valence electrons. The minimum atomic E-state index is -4.89. The van der Waals surface area contributed by atoms with Crippen LogP contribution in [0, 0.1) is 5.92 Å². The Morgan fingerprint density at radius 1 is 1.00 bits per heavy atom. The molecule has 1 aromatic rings. The molecule has 0 unspecified atom stereocenters. The lowest BCUT2D eigenvalue weighted by molar-refractivity contribution is -0.143. The molecule has 1 rings (SSSR count). The van der Waals surface area contributed by atoms with Crippen LogP contribution in [0.3, 0.4) is 0 Å². The predicted molar refractivity (Wildman–Crippen MR) is 63.1 cm³/mol. The first-order valence-corrected chi connectivity index (χ1v) is 5.97. The Labute approximate surface area is 117 Å². The molecule has 2 nitrogen and oxygen atoms in total. The van der Waals surface area contributed by atoms with Crippen LogP contribution in [0.4, 0.5) is 26.3 Å². The third-order valence-electron chi connectivity index (χ3n) is 2.64. The number of halogens is 6. The van der Waals surface area contributed by atoms with Gasteiger partial charge < -0.3 is 5.32 Å². The standard InChI is InChI=1S/C13H13F6NO/c1-7(2)11(21)20-6-8-3-9(12(14,15)16)5-10(4-8)13(17,18)19/h3-5,7H,6H2,1-2H3,(H,20,21). The Morgan fingerprint density at radius 3 is 1.76 bits per heavy atom. The van der Waals surface area contributed by atoms with E-state index in [9.17, 15) is 31.1 Å². The highest BCUT2D eigenvalue weighted by atomic mass is 19.4. The van der Waals surface area contributed by atoms with Crippen LogP contribution >= 0.6 is 0 Å². The van der Waals surface area contributed by atoms with Gasteiger partial charge in [0.15, 0.2) is 0 Å². The van der Waals surface area contributed by atoms with Crippen LogP contribution in [0.15, 0.2) is 18.2 Å². The topological polar surface area (TPSA) is 29.1 Å². The van der Waals surface area contributed by atoms with Crippen molar-refractivity contribution < 1.29 is 31.1 Å². The quantitative estimate of drug-likeness (QED) is 0.840. The van der Waals surface area contributed by atoms with Crippen molar-refractivity contribution in [1.29, 1.82) is 0 Å². The number of carbonyl (C=O) groups excluding carboxylic acids is 1. The van der Waals surface area contributed by atoms with Crippen molar-refractivity contribution in [3.63, 3.8) is 0 Å². The van der Waals surface area contributed by atoms with Gasteiger partial charge >= 0.3 is 12.4 Å². The average molecular weight is 313 g/mol. The summed E-state index contributed by atoms with van der Waals surface area (Å²) in [5.74, 6) is -0.876. The summed E-state index contributed by atoms with van der Waals surface area (Å²) in [7, 11) is 0. The summed E-state index contributed by atoms with van der Waals surface area (Å²) in [4.78, 5) is 11.3. The van der Waals surface area contributed by atoms with Crippen molar-refractivity contribution in [2.45, 2.75) is 32.7 Å². The summed E-state index contributed by atoms with van der Waals surface area (Å²) in [6.07, 6.45) is -9.78. The number of nitrogens with one attached hydrogen (secondary N) is 1. The molecular formula is C13H13F6NO. The first kappa shape index (κ1) is 17.3. The molecule has 0 spiro atoms. The fourth-order valence-corrected chi connectivity index (χ4v) is 1.51. The van der Waals surface area contributed by atoms with Gasteiger partial charge in [0.05, 0.1) is 11.1 Å². The summed E-state index contributed by atoms with van der Waals surface area (Å²) >= 11 is 0. The van der Waals surface area contributed by atoms with Gasteiger partial charge in [-0.1, -0.05) is 13.8 Å². The Morgan fingerprint density at radius 2 is 1.43 bits per heavy atom. The summed E-state index contributed by atoms with van der Waals surface area (Å²) in [5.41, 5.74) is -3.05. The molecule has 1 aromatic carbocycles. The zero-order chi connectivity index (χ0) is 16.4. The largest absolute Gasteiger partial charge is 0.416 e. The highest BCUT2D eigenvalue weighted by Gasteiger charge is 2.36. The Hall–Kier alpha value is -1.73. The van der Waals surface area contributed by atoms with E-state index in [-0.39, 0.29) is 11.6 Å². The molecule has 0 heterocycles. The van der Waals surface area contributed by atoms with Gasteiger partial charge in [0, 0.05) is 12.5 Å². The number of hydrogen-bond acceptors (Lipinski definition) is 1. The van der Waals surface area contributed by atoms with Crippen LogP contribution in [0.25, 0.3) is 0 Å². The van der Waals surface area contributed by atoms with Crippen LogP contribution in [0.2, 0.25) is 0 Å². The van der Waals surface area contributed by atoms with Gasteiger partial charge in [-0.05, 0) is 23.8 Å². The molecule has 21 heavy (non-hydrogen) atoms. The second-order valence-electron chi connectivity index (χ2n) is 4.79. The monoisotopic (exact) mass is 313 g/mol. The third kappa shape index (κ3) is 4.95. The average Bonchev–Trinajstić information content (AvgIpc) is 2.33. The molecule has 0 aliphatic rings. The van der Waals surface area contributed by atoms with E-state index >= 15 is 0 Å². The summed E-state index contributed by atoms with van der Waals surface area (Å²) in [5, 5.41) is 2.28. The second-order valence-corrected chi connectivity index (χ2v) is 4.79. The molecule has 0 saturated carbocycles. The van der Waals surface area contributed by atoms with E-state index < -0.39 is 41.8 Å². The predicted octanol–water partition coefficient (Wildman–Crippen LogP) is 4.00. The highest BCUT2D eigenvalue weighted by molar-refractivity contribution is 5.77. The van der Waals surface area contributed by atoms with Crippen LogP contribution in [0.1, 0.15) is 30.5 Å². The van der Waals surface area contributed by atoms with Gasteiger partial charge in [0.25, 0.3) is 0 Å². The molecule has 0 aromatic heterocycles. The van der Waals surface area contributed by atoms with Crippen molar-refractivity contribution >= 4 is 5.91 Å². The van der Waals surface area contributed by atoms with E-state index in [1.54, 1.807) is 13.8 Å². The maximum Gasteiger partial charge on any atom is 0.416 e. The second kappa shape index (κ2) is 5.95. The fraction of sp³-hybridized carbons (Fsp3) is 0.462. The lowest BCUT2D eigenvalue weighted by atomic mass is 10.0. The maximum atomic E-state index is 12.6. The Kier molecular flexibility index (Phi) is 4.91.